The van der Waals surface area contributed by atoms with Gasteiger partial charge < -0.3 is 15.6 Å². The third kappa shape index (κ3) is 4.48. The Bertz CT molecular complexity index is 210. The molecular formula is C8H15NO4S. The van der Waals surface area contributed by atoms with Gasteiger partial charge in [0, 0.05) is 5.75 Å². The molecule has 5 nitrogen and oxygen atoms in total. The van der Waals surface area contributed by atoms with Crippen LogP contribution in [0, 0.1) is 0 Å². The molecule has 0 aromatic heterocycles. The molecule has 0 aromatic rings. The molecule has 0 bridgehead atoms. The summed E-state index contributed by atoms with van der Waals surface area (Å²) < 4.78 is 4.41. The predicted octanol–water partition coefficient (Wildman–Crippen LogP) is 0.0831. The van der Waals surface area contributed by atoms with Crippen LogP contribution in [0.3, 0.4) is 0 Å². The van der Waals surface area contributed by atoms with Gasteiger partial charge in [-0.2, -0.15) is 0 Å². The Kier molecular flexibility index (Phi) is 6.31. The van der Waals surface area contributed by atoms with Gasteiger partial charge in [0.1, 0.15) is 11.3 Å². The van der Waals surface area contributed by atoms with Crippen molar-refractivity contribution in [3.05, 3.63) is 0 Å². The number of carboxylic acids is 1. The maximum Gasteiger partial charge on any atom is 0.323 e. The summed E-state index contributed by atoms with van der Waals surface area (Å²) in [5, 5.41) is 8.20. The monoisotopic (exact) mass is 221 g/mol. The molecule has 0 aliphatic carbocycles. The first-order chi connectivity index (χ1) is 6.52. The second-order valence-electron chi connectivity index (χ2n) is 2.70. The molecule has 0 radical (unpaired) electrons. The van der Waals surface area contributed by atoms with Gasteiger partial charge in [0.15, 0.2) is 0 Å². The number of ether oxygens (including phenoxy) is 1. The van der Waals surface area contributed by atoms with Crippen LogP contribution < -0.4 is 5.73 Å². The van der Waals surface area contributed by atoms with E-state index in [9.17, 15) is 9.59 Å². The fourth-order valence-electron chi connectivity index (χ4n) is 0.803. The van der Waals surface area contributed by atoms with E-state index in [1.807, 2.05) is 0 Å². The van der Waals surface area contributed by atoms with Crippen molar-refractivity contribution in [1.29, 1.82) is 0 Å². The van der Waals surface area contributed by atoms with Gasteiger partial charge in [-0.15, -0.1) is 11.8 Å². The van der Waals surface area contributed by atoms with Gasteiger partial charge in [0.25, 0.3) is 0 Å². The van der Waals surface area contributed by atoms with Crippen LogP contribution in [0.2, 0.25) is 0 Å². The largest absolute Gasteiger partial charge is 0.480 e. The van der Waals surface area contributed by atoms with Gasteiger partial charge >= 0.3 is 11.9 Å². The zero-order valence-corrected chi connectivity index (χ0v) is 9.04. The number of carbonyl (C=O) groups is 2. The van der Waals surface area contributed by atoms with Gasteiger partial charge in [-0.25, -0.2) is 0 Å². The van der Waals surface area contributed by atoms with Gasteiger partial charge in [-0.3, -0.25) is 9.59 Å². The summed E-state index contributed by atoms with van der Waals surface area (Å²) >= 11 is 1.16. The molecule has 0 amide bonds. The maximum atomic E-state index is 10.9. The lowest BCUT2D eigenvalue weighted by molar-refractivity contribution is -0.141. The molecule has 0 saturated carbocycles. The van der Waals surface area contributed by atoms with Crippen molar-refractivity contribution in [2.24, 2.45) is 5.73 Å². The highest BCUT2D eigenvalue weighted by molar-refractivity contribution is 8.00. The van der Waals surface area contributed by atoms with Crippen LogP contribution >= 0.6 is 11.8 Å². The summed E-state index contributed by atoms with van der Waals surface area (Å²) in [6.07, 6.45) is 0.508. The van der Waals surface area contributed by atoms with E-state index in [2.05, 4.69) is 4.74 Å². The van der Waals surface area contributed by atoms with E-state index in [-0.39, 0.29) is 5.75 Å². The summed E-state index contributed by atoms with van der Waals surface area (Å²) in [4.78, 5) is 21.5. The van der Waals surface area contributed by atoms with Crippen molar-refractivity contribution in [3.8, 4) is 0 Å². The van der Waals surface area contributed by atoms with E-state index in [1.165, 1.54) is 7.11 Å². The van der Waals surface area contributed by atoms with Crippen LogP contribution in [0.25, 0.3) is 0 Å². The van der Waals surface area contributed by atoms with Crippen molar-refractivity contribution in [3.63, 3.8) is 0 Å². The smallest absolute Gasteiger partial charge is 0.323 e. The topological polar surface area (TPSA) is 89.6 Å². The zero-order chi connectivity index (χ0) is 11.1. The number of nitrogens with two attached hydrogens (primary N) is 1. The molecule has 0 saturated heterocycles. The number of esters is 1. The van der Waals surface area contributed by atoms with Crippen LogP contribution in [-0.2, 0) is 14.3 Å². The van der Waals surface area contributed by atoms with Crippen LogP contribution in [0.1, 0.15) is 13.3 Å². The Hall–Kier alpha value is -0.750. The first-order valence-corrected chi connectivity index (χ1v) is 5.25. The summed E-state index contributed by atoms with van der Waals surface area (Å²) in [7, 11) is 1.25. The average molecular weight is 221 g/mol. The number of hydrogen-bond donors (Lipinski definition) is 2. The average Bonchev–Trinajstić information content (AvgIpc) is 2.16. The van der Waals surface area contributed by atoms with Crippen molar-refractivity contribution >= 4 is 23.7 Å². The fraction of sp³-hybridized carbons (Fsp3) is 0.750. The predicted molar refractivity (Wildman–Crippen MR) is 54.2 cm³/mol. The first-order valence-electron chi connectivity index (χ1n) is 4.20. The van der Waals surface area contributed by atoms with Gasteiger partial charge in [0.05, 0.1) is 7.11 Å². The third-order valence-electron chi connectivity index (χ3n) is 1.63. The third-order valence-corrected chi connectivity index (χ3v) is 3.12. The molecule has 2 unspecified atom stereocenters. The molecule has 6 heteroatoms. The minimum Gasteiger partial charge on any atom is -0.480 e. The van der Waals surface area contributed by atoms with E-state index >= 15 is 0 Å². The summed E-state index contributed by atoms with van der Waals surface area (Å²) in [5.41, 5.74) is 5.44. The Labute approximate surface area is 87.0 Å². The number of hydrogen-bond acceptors (Lipinski definition) is 5. The van der Waals surface area contributed by atoms with Crippen LogP contribution in [0.5, 0.6) is 0 Å². The van der Waals surface area contributed by atoms with Gasteiger partial charge in [0.2, 0.25) is 0 Å². The second-order valence-corrected chi connectivity index (χ2v) is 3.93. The molecular weight excluding hydrogens is 206 g/mol. The summed E-state index contributed by atoms with van der Waals surface area (Å²) in [6, 6.07) is -0.751. The number of carboxylic acid groups (broad SMARTS) is 1. The van der Waals surface area contributed by atoms with E-state index < -0.39 is 23.2 Å². The molecule has 0 aliphatic heterocycles. The molecule has 2 atom stereocenters. The van der Waals surface area contributed by atoms with Crippen LogP contribution in [0.4, 0.5) is 0 Å². The van der Waals surface area contributed by atoms with Crippen molar-refractivity contribution < 1.29 is 19.4 Å². The van der Waals surface area contributed by atoms with Crippen LogP contribution in [0.15, 0.2) is 0 Å². The minimum absolute atomic E-state index is 0.261. The van der Waals surface area contributed by atoms with E-state index in [1.54, 1.807) is 6.92 Å². The maximum absolute atomic E-state index is 10.9. The fourth-order valence-corrected chi connectivity index (χ4v) is 1.76. The lowest BCUT2D eigenvalue weighted by atomic mass is 10.3. The lowest BCUT2D eigenvalue weighted by Crippen LogP contribution is -2.35. The van der Waals surface area contributed by atoms with Crippen molar-refractivity contribution in [1.82, 2.24) is 0 Å². The Morgan fingerprint density at radius 3 is 2.50 bits per heavy atom. The van der Waals surface area contributed by atoms with Gasteiger partial charge in [-0.05, 0) is 6.42 Å². The van der Waals surface area contributed by atoms with Gasteiger partial charge in [-0.1, -0.05) is 6.92 Å². The van der Waals surface area contributed by atoms with E-state index in [0.29, 0.717) is 6.42 Å². The Morgan fingerprint density at radius 2 is 2.14 bits per heavy atom. The van der Waals surface area contributed by atoms with Crippen LogP contribution in [-0.4, -0.2) is 41.2 Å². The molecule has 82 valence electrons. The Balaban J connectivity index is 3.91. The van der Waals surface area contributed by atoms with Crippen molar-refractivity contribution in [2.75, 3.05) is 12.9 Å². The number of methoxy groups -OCH3 is 1. The van der Waals surface area contributed by atoms with Crippen molar-refractivity contribution in [2.45, 2.75) is 24.6 Å². The highest BCUT2D eigenvalue weighted by atomic mass is 32.2. The van der Waals surface area contributed by atoms with E-state index in [4.69, 9.17) is 10.8 Å². The van der Waals surface area contributed by atoms with E-state index in [0.717, 1.165) is 11.8 Å². The first kappa shape index (κ1) is 13.2. The zero-order valence-electron chi connectivity index (χ0n) is 8.23. The Morgan fingerprint density at radius 1 is 1.57 bits per heavy atom. The second kappa shape index (κ2) is 6.67. The summed E-state index contributed by atoms with van der Waals surface area (Å²) in [6.45, 7) is 1.77. The molecule has 0 rings (SSSR count). The number of carbonyl (C=O) groups excluding carboxylic acids is 1. The highest BCUT2D eigenvalue weighted by Gasteiger charge is 2.20. The quantitative estimate of drug-likeness (QED) is 0.617. The number of aliphatic carboxylic acids is 1. The molecule has 0 fully saturated rings. The molecule has 0 spiro atoms. The number of rotatable bonds is 6. The standard InChI is InChI=1S/C8H15NO4S/c1-3-6(7(10)11)14-4-5(9)8(12)13-2/h5-6H,3-4,9H2,1-2H3,(H,10,11). The minimum atomic E-state index is -0.880. The molecule has 0 aromatic carbocycles. The highest BCUT2D eigenvalue weighted by Crippen LogP contribution is 2.15. The molecule has 0 aliphatic rings. The molecule has 14 heavy (non-hydrogen) atoms. The molecule has 3 N–H and O–H groups in total. The normalized spacial score (nSPS) is 14.5. The SMILES string of the molecule is CCC(SCC(N)C(=O)OC)C(=O)O. The summed E-state index contributed by atoms with van der Waals surface area (Å²) in [5.74, 6) is -1.13. The number of thioether (sulfide) groups is 1. The molecule has 0 heterocycles. The lowest BCUT2D eigenvalue weighted by Gasteiger charge is -2.12.